The van der Waals surface area contributed by atoms with Gasteiger partial charge in [-0.15, -0.1) is 0 Å². The van der Waals surface area contributed by atoms with Crippen molar-refractivity contribution < 1.29 is 0 Å². The van der Waals surface area contributed by atoms with Crippen molar-refractivity contribution in [3.05, 3.63) is 28.2 Å². The van der Waals surface area contributed by atoms with Crippen LogP contribution in [0.15, 0.2) is 18.2 Å². The van der Waals surface area contributed by atoms with Crippen molar-refractivity contribution in [1.82, 2.24) is 4.90 Å². The van der Waals surface area contributed by atoms with E-state index in [1.165, 1.54) is 0 Å². The van der Waals surface area contributed by atoms with Crippen molar-refractivity contribution >= 4 is 28.9 Å². The molecule has 0 aliphatic carbocycles. The first kappa shape index (κ1) is 14.0. The first-order chi connectivity index (χ1) is 8.47. The van der Waals surface area contributed by atoms with E-state index >= 15 is 0 Å². The summed E-state index contributed by atoms with van der Waals surface area (Å²) in [4.78, 5) is 2.41. The normalized spacial score (nSPS) is 29.3. The minimum absolute atomic E-state index is 0.467. The van der Waals surface area contributed by atoms with E-state index < -0.39 is 0 Å². The number of benzene rings is 1. The second kappa shape index (κ2) is 5.68. The highest BCUT2D eigenvalue weighted by atomic mass is 35.5. The zero-order valence-electron chi connectivity index (χ0n) is 11.1. The molecule has 0 saturated carbocycles. The minimum Gasteiger partial charge on any atom is -0.381 e. The van der Waals surface area contributed by atoms with Crippen molar-refractivity contribution in [1.29, 1.82) is 0 Å². The van der Waals surface area contributed by atoms with E-state index in [2.05, 4.69) is 31.1 Å². The van der Waals surface area contributed by atoms with E-state index in [9.17, 15) is 0 Å². The molecule has 3 unspecified atom stereocenters. The van der Waals surface area contributed by atoms with Crippen molar-refractivity contribution in [2.45, 2.75) is 32.4 Å². The Balaban J connectivity index is 2.08. The molecule has 1 aromatic rings. The maximum atomic E-state index is 6.20. The molecule has 2 rings (SSSR count). The highest BCUT2D eigenvalue weighted by Crippen LogP contribution is 2.29. The van der Waals surface area contributed by atoms with Gasteiger partial charge in [0.15, 0.2) is 0 Å². The highest BCUT2D eigenvalue weighted by molar-refractivity contribution is 6.36. The minimum atomic E-state index is 0.467. The molecule has 1 N–H and O–H groups in total. The number of piperidine rings is 1. The van der Waals surface area contributed by atoms with E-state index in [1.807, 2.05) is 12.1 Å². The van der Waals surface area contributed by atoms with Gasteiger partial charge in [0, 0.05) is 23.7 Å². The van der Waals surface area contributed by atoms with Gasteiger partial charge in [-0.25, -0.2) is 0 Å². The molecule has 0 aromatic heterocycles. The monoisotopic (exact) mass is 286 g/mol. The van der Waals surface area contributed by atoms with Crippen LogP contribution in [0.25, 0.3) is 0 Å². The molecule has 1 heterocycles. The number of hydrogen-bond donors (Lipinski definition) is 1. The lowest BCUT2D eigenvalue weighted by Crippen LogP contribution is -2.48. The first-order valence-corrected chi connectivity index (χ1v) is 7.15. The molecule has 100 valence electrons. The van der Waals surface area contributed by atoms with Crippen LogP contribution in [0.1, 0.15) is 20.3 Å². The van der Waals surface area contributed by atoms with Crippen molar-refractivity contribution in [2.24, 2.45) is 5.92 Å². The fraction of sp³-hybridized carbons (Fsp3) is 0.571. The third-order valence-electron chi connectivity index (χ3n) is 3.88. The van der Waals surface area contributed by atoms with Gasteiger partial charge in [-0.3, -0.25) is 0 Å². The molecule has 0 radical (unpaired) electrons. The summed E-state index contributed by atoms with van der Waals surface area (Å²) in [5.41, 5.74) is 0.981. The quantitative estimate of drug-likeness (QED) is 0.879. The second-order valence-electron chi connectivity index (χ2n) is 5.38. The maximum absolute atomic E-state index is 6.20. The summed E-state index contributed by atoms with van der Waals surface area (Å²) in [6.45, 7) is 5.66. The molecule has 1 aromatic carbocycles. The Morgan fingerprint density at radius 3 is 2.67 bits per heavy atom. The van der Waals surface area contributed by atoms with Crippen LogP contribution in [-0.2, 0) is 0 Å². The second-order valence-corrected chi connectivity index (χ2v) is 6.22. The van der Waals surface area contributed by atoms with Crippen LogP contribution in [0.4, 0.5) is 5.69 Å². The largest absolute Gasteiger partial charge is 0.381 e. The number of anilines is 1. The molecule has 2 nitrogen and oxygen atoms in total. The summed E-state index contributed by atoms with van der Waals surface area (Å²) < 4.78 is 0. The predicted molar refractivity (Wildman–Crippen MR) is 79.7 cm³/mol. The van der Waals surface area contributed by atoms with Crippen LogP contribution in [-0.4, -0.2) is 30.6 Å². The summed E-state index contributed by atoms with van der Waals surface area (Å²) in [6.07, 6.45) is 1.14. The van der Waals surface area contributed by atoms with Crippen LogP contribution in [0.2, 0.25) is 10.0 Å². The van der Waals surface area contributed by atoms with E-state index in [4.69, 9.17) is 23.2 Å². The lowest BCUT2D eigenvalue weighted by atomic mass is 9.89. The molecule has 4 heteroatoms. The third-order valence-corrected chi connectivity index (χ3v) is 4.43. The molecular formula is C14H20Cl2N2. The van der Waals surface area contributed by atoms with Gasteiger partial charge in [0.1, 0.15) is 0 Å². The van der Waals surface area contributed by atoms with Crippen LogP contribution in [0, 0.1) is 5.92 Å². The molecule has 0 amide bonds. The predicted octanol–water partition coefficient (Wildman–Crippen LogP) is 4.13. The van der Waals surface area contributed by atoms with E-state index in [1.54, 1.807) is 6.07 Å². The lowest BCUT2D eigenvalue weighted by Gasteiger charge is -2.40. The number of likely N-dealkylation sites (tertiary alicyclic amines) is 1. The highest BCUT2D eigenvalue weighted by Gasteiger charge is 2.28. The standard InChI is InChI=1S/C14H20Cl2N2/c1-9-8-18(3)10(2)6-14(9)17-13-5-4-11(15)7-12(13)16/h4-5,7,9-10,14,17H,6,8H2,1-3H3. The van der Waals surface area contributed by atoms with E-state index in [-0.39, 0.29) is 0 Å². The molecule has 0 spiro atoms. The zero-order valence-corrected chi connectivity index (χ0v) is 12.6. The number of nitrogens with one attached hydrogen (secondary N) is 1. The SMILES string of the molecule is CC1CN(C)C(C)CC1Nc1ccc(Cl)cc1Cl. The van der Waals surface area contributed by atoms with Crippen molar-refractivity contribution in [3.63, 3.8) is 0 Å². The molecule has 1 saturated heterocycles. The summed E-state index contributed by atoms with van der Waals surface area (Å²) >= 11 is 12.1. The molecule has 0 bridgehead atoms. The van der Waals surface area contributed by atoms with Gasteiger partial charge >= 0.3 is 0 Å². The Kier molecular flexibility index (Phi) is 4.41. The van der Waals surface area contributed by atoms with Crippen molar-refractivity contribution in [2.75, 3.05) is 18.9 Å². The number of halogens is 2. The third kappa shape index (κ3) is 3.11. The number of hydrogen-bond acceptors (Lipinski definition) is 2. The Bertz CT molecular complexity index is 422. The summed E-state index contributed by atoms with van der Waals surface area (Å²) in [6, 6.07) is 6.69. The molecule has 1 aliphatic heterocycles. The molecule has 3 atom stereocenters. The van der Waals surface area contributed by atoms with Gasteiger partial charge in [-0.2, -0.15) is 0 Å². The smallest absolute Gasteiger partial charge is 0.0652 e. The fourth-order valence-corrected chi connectivity index (χ4v) is 3.01. The number of nitrogens with zero attached hydrogens (tertiary/aromatic N) is 1. The Labute approximate surface area is 119 Å². The lowest BCUT2D eigenvalue weighted by molar-refractivity contribution is 0.145. The fourth-order valence-electron chi connectivity index (χ4n) is 2.55. The molecule has 1 fully saturated rings. The molecule has 18 heavy (non-hydrogen) atoms. The molecule has 1 aliphatic rings. The van der Waals surface area contributed by atoms with Gasteiger partial charge in [-0.05, 0) is 44.5 Å². The topological polar surface area (TPSA) is 15.3 Å². The molecular weight excluding hydrogens is 267 g/mol. The first-order valence-electron chi connectivity index (χ1n) is 6.39. The Morgan fingerprint density at radius 1 is 1.28 bits per heavy atom. The van der Waals surface area contributed by atoms with Gasteiger partial charge in [0.05, 0.1) is 10.7 Å². The Hall–Kier alpha value is -0.440. The summed E-state index contributed by atoms with van der Waals surface area (Å²) in [7, 11) is 2.19. The van der Waals surface area contributed by atoms with Crippen LogP contribution < -0.4 is 5.32 Å². The van der Waals surface area contributed by atoms with Crippen LogP contribution >= 0.6 is 23.2 Å². The van der Waals surface area contributed by atoms with Gasteiger partial charge < -0.3 is 10.2 Å². The van der Waals surface area contributed by atoms with Gasteiger partial charge in [0.2, 0.25) is 0 Å². The zero-order chi connectivity index (χ0) is 13.3. The van der Waals surface area contributed by atoms with Crippen LogP contribution in [0.3, 0.4) is 0 Å². The Morgan fingerprint density at radius 2 is 2.00 bits per heavy atom. The maximum Gasteiger partial charge on any atom is 0.0652 e. The average Bonchev–Trinajstić information content (AvgIpc) is 2.29. The van der Waals surface area contributed by atoms with E-state index in [0.29, 0.717) is 28.0 Å². The number of rotatable bonds is 2. The van der Waals surface area contributed by atoms with Crippen molar-refractivity contribution in [3.8, 4) is 0 Å². The van der Waals surface area contributed by atoms with Gasteiger partial charge in [-0.1, -0.05) is 30.1 Å². The summed E-state index contributed by atoms with van der Waals surface area (Å²) in [5.74, 6) is 0.609. The van der Waals surface area contributed by atoms with Gasteiger partial charge in [0.25, 0.3) is 0 Å². The summed E-state index contributed by atoms with van der Waals surface area (Å²) in [5, 5.41) is 4.93. The van der Waals surface area contributed by atoms with Crippen LogP contribution in [0.5, 0.6) is 0 Å². The average molecular weight is 287 g/mol. The van der Waals surface area contributed by atoms with E-state index in [0.717, 1.165) is 18.7 Å².